The lowest BCUT2D eigenvalue weighted by Gasteiger charge is -2.30. The van der Waals surface area contributed by atoms with E-state index in [-0.39, 0.29) is 22.8 Å². The number of carbonyl (C=O) groups excluding carboxylic acids is 1. The van der Waals surface area contributed by atoms with Gasteiger partial charge in [0.15, 0.2) is 0 Å². The number of sulfonamides is 1. The maximum atomic E-state index is 13.8. The number of amides is 1. The molecule has 0 saturated carbocycles. The topological polar surface area (TPSA) is 84.3 Å². The smallest absolute Gasteiger partial charge is 0.241 e. The van der Waals surface area contributed by atoms with Crippen LogP contribution < -0.4 is 9.62 Å². The molecule has 0 fully saturated rings. The molecule has 0 radical (unpaired) electrons. The Hall–Kier alpha value is -3.27. The van der Waals surface area contributed by atoms with Gasteiger partial charge in [-0.05, 0) is 95.4 Å². The van der Waals surface area contributed by atoms with Crippen molar-refractivity contribution in [3.8, 4) is 0 Å². The first-order valence-electron chi connectivity index (χ1n) is 13.2. The molecule has 2 atom stereocenters. The summed E-state index contributed by atoms with van der Waals surface area (Å²) < 4.78 is 31.4. The summed E-state index contributed by atoms with van der Waals surface area (Å²) in [6.45, 7) is 4.28. The van der Waals surface area contributed by atoms with Crippen molar-refractivity contribution in [3.05, 3.63) is 99.8 Å². The summed E-state index contributed by atoms with van der Waals surface area (Å²) in [5.41, 5.74) is 4.84. The fraction of sp³-hybridized carbons (Fsp3) is 0.333. The monoisotopic (exact) mass is 562 g/mol. The minimum atomic E-state index is -3.71. The number of nitrogens with one attached hydrogen (secondary N) is 1. The molecule has 1 aliphatic rings. The highest BCUT2D eigenvalue weighted by Crippen LogP contribution is 2.35. The summed E-state index contributed by atoms with van der Waals surface area (Å²) in [7, 11) is -1.79. The number of aryl methyl sites for hydroxylation is 3. The molecular formula is C30H34N4O3S2. The van der Waals surface area contributed by atoms with E-state index in [1.54, 1.807) is 40.6 Å². The Morgan fingerprint density at radius 2 is 2.08 bits per heavy atom. The Kier molecular flexibility index (Phi) is 8.02. The van der Waals surface area contributed by atoms with E-state index in [1.807, 2.05) is 54.4 Å². The molecule has 204 valence electrons. The predicted molar refractivity (Wildman–Crippen MR) is 155 cm³/mol. The third-order valence-electron chi connectivity index (χ3n) is 7.47. The Bertz CT molecular complexity index is 1560. The van der Waals surface area contributed by atoms with E-state index in [0.29, 0.717) is 19.4 Å². The predicted octanol–water partition coefficient (Wildman–Crippen LogP) is 5.87. The van der Waals surface area contributed by atoms with Crippen LogP contribution in [0.5, 0.6) is 0 Å². The second-order valence-corrected chi connectivity index (χ2v) is 12.9. The van der Waals surface area contributed by atoms with Gasteiger partial charge in [-0.3, -0.25) is 4.79 Å². The van der Waals surface area contributed by atoms with Crippen molar-refractivity contribution in [2.24, 2.45) is 7.05 Å². The summed E-state index contributed by atoms with van der Waals surface area (Å²) >= 11 is 1.63. The minimum Gasteiger partial charge on any atom is -0.337 e. The number of nitrogens with zero attached hydrogens (tertiary/aromatic N) is 3. The lowest BCUT2D eigenvalue weighted by Crippen LogP contribution is -2.34. The molecule has 1 N–H and O–H groups in total. The molecule has 4 aromatic rings. The van der Waals surface area contributed by atoms with Crippen LogP contribution in [-0.4, -0.2) is 23.9 Å². The average Bonchev–Trinajstić information content (AvgIpc) is 3.59. The molecule has 0 unspecified atom stereocenters. The third kappa shape index (κ3) is 6.16. The van der Waals surface area contributed by atoms with Gasteiger partial charge >= 0.3 is 0 Å². The molecule has 5 rings (SSSR count). The molecule has 0 saturated heterocycles. The SMILES string of the molecule is Cc1cccc(S(=O)(=O)N[C@@H]2CCCc3ccc(N(Cc4nccn4C)C(=O)C[C@H](C)c4ccsc4)cc32)c1. The molecule has 0 aliphatic heterocycles. The van der Waals surface area contributed by atoms with Crippen molar-refractivity contribution in [3.63, 3.8) is 0 Å². The van der Waals surface area contributed by atoms with Gasteiger partial charge < -0.3 is 9.47 Å². The Morgan fingerprint density at radius 3 is 2.79 bits per heavy atom. The Balaban J connectivity index is 1.46. The molecule has 0 spiro atoms. The fourth-order valence-electron chi connectivity index (χ4n) is 5.17. The van der Waals surface area contributed by atoms with Crippen LogP contribution in [-0.2, 0) is 34.8 Å². The summed E-state index contributed by atoms with van der Waals surface area (Å²) in [6.07, 6.45) is 6.43. The first-order chi connectivity index (χ1) is 18.7. The van der Waals surface area contributed by atoms with Crippen molar-refractivity contribution in [1.82, 2.24) is 14.3 Å². The van der Waals surface area contributed by atoms with E-state index in [0.717, 1.165) is 46.6 Å². The Morgan fingerprint density at radius 1 is 1.23 bits per heavy atom. The maximum absolute atomic E-state index is 13.8. The lowest BCUT2D eigenvalue weighted by molar-refractivity contribution is -0.119. The lowest BCUT2D eigenvalue weighted by atomic mass is 9.87. The number of thiophene rings is 1. The number of hydrogen-bond donors (Lipinski definition) is 1. The van der Waals surface area contributed by atoms with Gasteiger partial charge in [-0.15, -0.1) is 0 Å². The van der Waals surface area contributed by atoms with Gasteiger partial charge in [0.1, 0.15) is 5.82 Å². The van der Waals surface area contributed by atoms with E-state index >= 15 is 0 Å². The number of rotatable bonds is 9. The molecule has 39 heavy (non-hydrogen) atoms. The number of carbonyl (C=O) groups is 1. The van der Waals surface area contributed by atoms with Crippen LogP contribution in [0.25, 0.3) is 0 Å². The number of hydrogen-bond acceptors (Lipinski definition) is 5. The Labute approximate surface area is 234 Å². The maximum Gasteiger partial charge on any atom is 0.241 e. The van der Waals surface area contributed by atoms with Gasteiger partial charge in [0, 0.05) is 37.6 Å². The van der Waals surface area contributed by atoms with Crippen LogP contribution >= 0.6 is 11.3 Å². The number of aromatic nitrogens is 2. The molecule has 9 heteroatoms. The van der Waals surface area contributed by atoms with E-state index in [2.05, 4.69) is 28.1 Å². The third-order valence-corrected chi connectivity index (χ3v) is 9.64. The van der Waals surface area contributed by atoms with E-state index in [9.17, 15) is 13.2 Å². The van der Waals surface area contributed by atoms with Crippen molar-refractivity contribution in [2.75, 3.05) is 4.90 Å². The second-order valence-electron chi connectivity index (χ2n) is 10.4. The van der Waals surface area contributed by atoms with Gasteiger partial charge in [0.05, 0.1) is 11.4 Å². The first-order valence-corrected chi connectivity index (χ1v) is 15.6. The molecule has 2 heterocycles. The van der Waals surface area contributed by atoms with Crippen LogP contribution in [0.15, 0.2) is 76.6 Å². The first kappa shape index (κ1) is 27.3. The zero-order chi connectivity index (χ0) is 27.6. The van der Waals surface area contributed by atoms with E-state index in [1.165, 1.54) is 0 Å². The average molecular weight is 563 g/mol. The number of imidazole rings is 1. The van der Waals surface area contributed by atoms with Crippen LogP contribution in [0.1, 0.15) is 66.2 Å². The summed E-state index contributed by atoms with van der Waals surface area (Å²) in [5.74, 6) is 0.865. The van der Waals surface area contributed by atoms with Gasteiger partial charge in [0.2, 0.25) is 15.9 Å². The van der Waals surface area contributed by atoms with Crippen molar-refractivity contribution >= 4 is 33.0 Å². The van der Waals surface area contributed by atoms with Gasteiger partial charge in [0.25, 0.3) is 0 Å². The van der Waals surface area contributed by atoms with Crippen LogP contribution in [0.4, 0.5) is 5.69 Å². The van der Waals surface area contributed by atoms with E-state index < -0.39 is 10.0 Å². The highest BCUT2D eigenvalue weighted by atomic mass is 32.2. The standard InChI is InChI=1S/C30H34N4O3S2/c1-21-6-4-8-26(16-21)39(36,37)32-28-9-5-7-23-10-11-25(18-27(23)28)34(19-29-31-13-14-33(29)3)30(35)17-22(2)24-12-15-38-20-24/h4,6,8,10-16,18,20,22,28,32H,5,7,9,17,19H2,1-3H3/t22-,28+/m0/s1. The summed E-state index contributed by atoms with van der Waals surface area (Å²) in [6, 6.07) is 14.7. The molecule has 2 aromatic heterocycles. The quantitative estimate of drug-likeness (QED) is 0.276. The van der Waals surface area contributed by atoms with Gasteiger partial charge in [-0.2, -0.15) is 11.3 Å². The zero-order valence-electron chi connectivity index (χ0n) is 22.5. The van der Waals surface area contributed by atoms with Crippen molar-refractivity contribution in [1.29, 1.82) is 0 Å². The molecular weight excluding hydrogens is 528 g/mol. The van der Waals surface area contributed by atoms with Crippen LogP contribution in [0.2, 0.25) is 0 Å². The van der Waals surface area contributed by atoms with Crippen molar-refractivity contribution in [2.45, 2.75) is 62.9 Å². The normalized spacial score (nSPS) is 16.0. The molecule has 1 amide bonds. The van der Waals surface area contributed by atoms with Crippen LogP contribution in [0, 0.1) is 6.92 Å². The summed E-state index contributed by atoms with van der Waals surface area (Å²) in [4.78, 5) is 20.3. The fourth-order valence-corrected chi connectivity index (χ4v) is 7.31. The van der Waals surface area contributed by atoms with E-state index in [4.69, 9.17) is 0 Å². The van der Waals surface area contributed by atoms with Gasteiger partial charge in [-0.1, -0.05) is 25.1 Å². The van der Waals surface area contributed by atoms with Crippen molar-refractivity contribution < 1.29 is 13.2 Å². The number of fused-ring (bicyclic) bond motifs is 1. The molecule has 7 nitrogen and oxygen atoms in total. The highest BCUT2D eigenvalue weighted by Gasteiger charge is 2.28. The number of benzene rings is 2. The second kappa shape index (κ2) is 11.5. The minimum absolute atomic E-state index is 0.00403. The largest absolute Gasteiger partial charge is 0.337 e. The van der Waals surface area contributed by atoms with Crippen LogP contribution in [0.3, 0.4) is 0 Å². The highest BCUT2D eigenvalue weighted by molar-refractivity contribution is 7.89. The molecule has 1 aliphatic carbocycles. The molecule has 2 aromatic carbocycles. The number of anilines is 1. The summed E-state index contributed by atoms with van der Waals surface area (Å²) in [5, 5.41) is 4.12. The van der Waals surface area contributed by atoms with Gasteiger partial charge in [-0.25, -0.2) is 18.1 Å². The molecule has 0 bridgehead atoms. The zero-order valence-corrected chi connectivity index (χ0v) is 24.1.